The van der Waals surface area contributed by atoms with Crippen molar-refractivity contribution in [3.63, 3.8) is 0 Å². The molecule has 0 fully saturated rings. The molecule has 0 radical (unpaired) electrons. The molecule has 122 valence electrons. The maximum absolute atomic E-state index is 13.1. The summed E-state index contributed by atoms with van der Waals surface area (Å²) in [5, 5.41) is 3.40. The van der Waals surface area contributed by atoms with Gasteiger partial charge in [-0.25, -0.2) is 14.9 Å². The van der Waals surface area contributed by atoms with Crippen LogP contribution in [0, 0.1) is 5.95 Å². The smallest absolute Gasteiger partial charge is 0.232 e. The van der Waals surface area contributed by atoms with Crippen LogP contribution < -0.4 is 10.2 Å². The molecule has 0 aliphatic heterocycles. The molecule has 0 saturated carbocycles. The molecule has 0 spiro atoms. The molecule has 24 heavy (non-hydrogen) atoms. The predicted molar refractivity (Wildman–Crippen MR) is 90.9 cm³/mol. The van der Waals surface area contributed by atoms with Crippen LogP contribution in [0.25, 0.3) is 10.2 Å². The zero-order valence-electron chi connectivity index (χ0n) is 12.9. The normalized spacial score (nSPS) is 10.6. The van der Waals surface area contributed by atoms with E-state index in [0.29, 0.717) is 16.3 Å². The Balaban J connectivity index is 1.94. The lowest BCUT2D eigenvalue weighted by Crippen LogP contribution is -2.32. The molecule has 2 aromatic heterocycles. The van der Waals surface area contributed by atoms with Gasteiger partial charge in [-0.1, -0.05) is 11.3 Å². The van der Waals surface area contributed by atoms with E-state index >= 15 is 0 Å². The van der Waals surface area contributed by atoms with Gasteiger partial charge >= 0.3 is 0 Å². The number of carbonyl (C=O) groups is 2. The van der Waals surface area contributed by atoms with Gasteiger partial charge in [-0.05, 0) is 24.3 Å². The van der Waals surface area contributed by atoms with Crippen LogP contribution in [0.1, 0.15) is 13.8 Å². The summed E-state index contributed by atoms with van der Waals surface area (Å²) in [6, 6.07) is 8.32. The molecule has 2 amide bonds. The molecule has 8 heteroatoms. The maximum atomic E-state index is 13.1. The third kappa shape index (κ3) is 3.23. The molecule has 0 aliphatic rings. The Hall–Kier alpha value is -2.87. The van der Waals surface area contributed by atoms with E-state index in [4.69, 9.17) is 0 Å². The van der Waals surface area contributed by atoms with Gasteiger partial charge in [-0.15, -0.1) is 0 Å². The largest absolute Gasteiger partial charge is 0.355 e. The number of carbonyl (C=O) groups excluding carboxylic acids is 2. The minimum atomic E-state index is -0.570. The number of nitrogens with one attached hydrogen (secondary N) is 1. The van der Waals surface area contributed by atoms with Crippen molar-refractivity contribution in [2.24, 2.45) is 0 Å². The molecule has 0 atom stereocenters. The number of pyridine rings is 1. The highest BCUT2D eigenvalue weighted by Gasteiger charge is 2.20. The quantitative estimate of drug-likeness (QED) is 0.736. The third-order valence-electron chi connectivity index (χ3n) is 3.21. The molecule has 1 aromatic carbocycles. The number of benzene rings is 1. The highest BCUT2D eigenvalue weighted by Crippen LogP contribution is 2.31. The molecule has 3 rings (SSSR count). The number of anilines is 3. The van der Waals surface area contributed by atoms with Crippen LogP contribution in [-0.2, 0) is 9.59 Å². The number of hydrogen-bond acceptors (Lipinski definition) is 6. The molecule has 0 saturated heterocycles. The van der Waals surface area contributed by atoms with Gasteiger partial charge in [0.15, 0.2) is 5.13 Å². The number of imide groups is 1. The SMILES string of the molecule is CC(=O)N(C(C)=O)c1nc2ccc(Nc3ccnc(F)c3)cc2s1. The third-order valence-corrected chi connectivity index (χ3v) is 4.22. The predicted octanol–water partition coefficient (Wildman–Crippen LogP) is 3.47. The van der Waals surface area contributed by atoms with Crippen LogP contribution in [-0.4, -0.2) is 21.8 Å². The Kier molecular flexibility index (Phi) is 4.22. The van der Waals surface area contributed by atoms with Crippen LogP contribution in [0.5, 0.6) is 0 Å². The van der Waals surface area contributed by atoms with E-state index in [2.05, 4.69) is 15.3 Å². The number of aromatic nitrogens is 2. The van der Waals surface area contributed by atoms with Gasteiger partial charge in [0.05, 0.1) is 10.2 Å². The molecular weight excluding hydrogens is 331 g/mol. The van der Waals surface area contributed by atoms with E-state index in [9.17, 15) is 14.0 Å². The van der Waals surface area contributed by atoms with Gasteiger partial charge in [0.25, 0.3) is 0 Å². The maximum Gasteiger partial charge on any atom is 0.232 e. The van der Waals surface area contributed by atoms with Gasteiger partial charge < -0.3 is 5.32 Å². The fourth-order valence-electron chi connectivity index (χ4n) is 2.22. The van der Waals surface area contributed by atoms with Gasteiger partial charge in [0.1, 0.15) is 0 Å². The van der Waals surface area contributed by atoms with Gasteiger partial charge in [0, 0.05) is 37.5 Å². The van der Waals surface area contributed by atoms with E-state index in [0.717, 1.165) is 15.3 Å². The fourth-order valence-corrected chi connectivity index (χ4v) is 3.32. The zero-order chi connectivity index (χ0) is 17.3. The average Bonchev–Trinajstić information content (AvgIpc) is 2.88. The Morgan fingerprint density at radius 1 is 1.12 bits per heavy atom. The lowest BCUT2D eigenvalue weighted by Gasteiger charge is -2.12. The minimum Gasteiger partial charge on any atom is -0.355 e. The van der Waals surface area contributed by atoms with Crippen molar-refractivity contribution >= 4 is 49.9 Å². The van der Waals surface area contributed by atoms with Crippen molar-refractivity contribution in [1.29, 1.82) is 0 Å². The summed E-state index contributed by atoms with van der Waals surface area (Å²) in [6.45, 7) is 2.64. The van der Waals surface area contributed by atoms with Crippen LogP contribution >= 0.6 is 11.3 Å². The standard InChI is InChI=1S/C16H13FN4O2S/c1-9(22)21(10(2)23)16-20-13-4-3-11(7-14(13)24-16)19-12-5-6-18-15(17)8-12/h3-8H,1-2H3,(H,18,19). The second-order valence-corrected chi connectivity index (χ2v) is 6.05. The minimum absolute atomic E-state index is 0.331. The van der Waals surface area contributed by atoms with Gasteiger partial charge in [-0.2, -0.15) is 4.39 Å². The van der Waals surface area contributed by atoms with Crippen LogP contribution in [0.4, 0.5) is 20.9 Å². The monoisotopic (exact) mass is 344 g/mol. The van der Waals surface area contributed by atoms with Crippen LogP contribution in [0.15, 0.2) is 36.5 Å². The van der Waals surface area contributed by atoms with Crippen LogP contribution in [0.2, 0.25) is 0 Å². The summed E-state index contributed by atoms with van der Waals surface area (Å²) in [6.07, 6.45) is 1.37. The first-order chi connectivity index (χ1) is 11.4. The van der Waals surface area contributed by atoms with Crippen molar-refractivity contribution < 1.29 is 14.0 Å². The Morgan fingerprint density at radius 2 is 1.83 bits per heavy atom. The van der Waals surface area contributed by atoms with E-state index < -0.39 is 5.95 Å². The number of fused-ring (bicyclic) bond motifs is 1. The molecule has 2 heterocycles. The number of rotatable bonds is 3. The molecule has 0 unspecified atom stereocenters. The summed E-state index contributed by atoms with van der Waals surface area (Å²) in [5.41, 5.74) is 1.98. The molecule has 3 aromatic rings. The number of hydrogen-bond donors (Lipinski definition) is 1. The Morgan fingerprint density at radius 3 is 2.50 bits per heavy atom. The lowest BCUT2D eigenvalue weighted by atomic mass is 10.3. The second kappa shape index (κ2) is 6.32. The molecule has 0 aliphatic carbocycles. The zero-order valence-corrected chi connectivity index (χ0v) is 13.7. The highest BCUT2D eigenvalue weighted by molar-refractivity contribution is 7.22. The van der Waals surface area contributed by atoms with Crippen LogP contribution in [0.3, 0.4) is 0 Å². The summed E-state index contributed by atoms with van der Waals surface area (Å²) in [5.74, 6) is -1.33. The van der Waals surface area contributed by atoms with Crippen molar-refractivity contribution in [3.05, 3.63) is 42.5 Å². The number of nitrogens with zero attached hydrogens (tertiary/aromatic N) is 3. The summed E-state index contributed by atoms with van der Waals surface area (Å²) in [7, 11) is 0. The van der Waals surface area contributed by atoms with Crippen molar-refractivity contribution in [2.45, 2.75) is 13.8 Å². The first kappa shape index (κ1) is 16.0. The first-order valence-electron chi connectivity index (χ1n) is 7.04. The summed E-state index contributed by atoms with van der Waals surface area (Å²) >= 11 is 1.24. The number of halogens is 1. The van der Waals surface area contributed by atoms with E-state index in [1.807, 2.05) is 6.07 Å². The first-order valence-corrected chi connectivity index (χ1v) is 7.86. The Bertz CT molecular complexity index is 927. The molecular formula is C16H13FN4O2S. The molecule has 1 N–H and O–H groups in total. The average molecular weight is 344 g/mol. The molecule has 0 bridgehead atoms. The van der Waals surface area contributed by atoms with E-state index in [1.54, 1.807) is 18.2 Å². The summed E-state index contributed by atoms with van der Waals surface area (Å²) in [4.78, 5) is 32.1. The van der Waals surface area contributed by atoms with E-state index in [-0.39, 0.29) is 11.8 Å². The Labute approximate surface area is 141 Å². The summed E-state index contributed by atoms with van der Waals surface area (Å²) < 4.78 is 13.9. The fraction of sp³-hybridized carbons (Fsp3) is 0.125. The van der Waals surface area contributed by atoms with Gasteiger partial charge in [-0.3, -0.25) is 9.59 Å². The van der Waals surface area contributed by atoms with E-state index in [1.165, 1.54) is 37.4 Å². The second-order valence-electron chi connectivity index (χ2n) is 5.04. The van der Waals surface area contributed by atoms with Crippen molar-refractivity contribution in [2.75, 3.05) is 10.2 Å². The van der Waals surface area contributed by atoms with Gasteiger partial charge in [0.2, 0.25) is 17.8 Å². The highest BCUT2D eigenvalue weighted by atomic mass is 32.1. The van der Waals surface area contributed by atoms with Crippen molar-refractivity contribution in [3.8, 4) is 0 Å². The topological polar surface area (TPSA) is 75.2 Å². The lowest BCUT2D eigenvalue weighted by molar-refractivity contribution is -0.124. The van der Waals surface area contributed by atoms with Crippen molar-refractivity contribution in [1.82, 2.24) is 9.97 Å². The number of amides is 2. The molecule has 6 nitrogen and oxygen atoms in total. The number of thiazole rings is 1.